The van der Waals surface area contributed by atoms with Gasteiger partial charge in [0.1, 0.15) is 22.3 Å². The minimum Gasteiger partial charge on any atom is -0.456 e. The summed E-state index contributed by atoms with van der Waals surface area (Å²) >= 11 is 0. The fourth-order valence-electron chi connectivity index (χ4n) is 7.35. The lowest BCUT2D eigenvalue weighted by Crippen LogP contribution is -2.00. The van der Waals surface area contributed by atoms with Gasteiger partial charge in [0.2, 0.25) is 0 Å². The predicted molar refractivity (Wildman–Crippen MR) is 220 cm³/mol. The van der Waals surface area contributed by atoms with E-state index in [1.807, 2.05) is 152 Å². The first kappa shape index (κ1) is 31.7. The Bertz CT molecular complexity index is 3190. The smallest absolute Gasteiger partial charge is 0.167 e. The predicted octanol–water partition coefficient (Wildman–Crippen LogP) is 11.9. The summed E-state index contributed by atoms with van der Waals surface area (Å²) in [4.78, 5) is 30.0. The summed E-state index contributed by atoms with van der Waals surface area (Å²) in [5, 5.41) is 3.81. The molecule has 7 aromatic carbocycles. The summed E-state index contributed by atoms with van der Waals surface area (Å²) in [6.45, 7) is 0. The van der Waals surface area contributed by atoms with E-state index in [2.05, 4.69) is 18.2 Å². The quantitative estimate of drug-likeness (QED) is 0.167. The monoisotopic (exact) mass is 720 g/mol. The summed E-state index contributed by atoms with van der Waals surface area (Å²) in [5.41, 5.74) is 8.14. The number of aromatic nitrogens is 6. The fourth-order valence-corrected chi connectivity index (χ4v) is 7.35. The van der Waals surface area contributed by atoms with Gasteiger partial charge in [-0.15, -0.1) is 0 Å². The second-order valence-electron chi connectivity index (χ2n) is 13.5. The number of benzene rings is 7. The van der Waals surface area contributed by atoms with Crippen molar-refractivity contribution in [3.05, 3.63) is 170 Å². The fraction of sp³-hybridized carbons (Fsp3) is 0. The number of nitrogens with zero attached hydrogens (tertiary/aromatic N) is 6. The third-order valence-corrected chi connectivity index (χ3v) is 10.0. The highest BCUT2D eigenvalue weighted by atomic mass is 16.3. The van der Waals surface area contributed by atoms with Crippen LogP contribution in [0.25, 0.3) is 112 Å². The summed E-state index contributed by atoms with van der Waals surface area (Å²) in [5.74, 6) is 3.38. The van der Waals surface area contributed by atoms with Crippen LogP contribution in [0.2, 0.25) is 0 Å². The lowest BCUT2D eigenvalue weighted by atomic mass is 10.0. The van der Waals surface area contributed by atoms with Gasteiger partial charge in [-0.25, -0.2) is 29.9 Å². The van der Waals surface area contributed by atoms with E-state index in [4.69, 9.17) is 38.7 Å². The third kappa shape index (κ3) is 5.39. The van der Waals surface area contributed by atoms with E-state index >= 15 is 0 Å². The second-order valence-corrected chi connectivity index (χ2v) is 13.5. The van der Waals surface area contributed by atoms with Gasteiger partial charge in [0.25, 0.3) is 0 Å². The van der Waals surface area contributed by atoms with Crippen LogP contribution < -0.4 is 0 Å². The van der Waals surface area contributed by atoms with E-state index in [1.54, 1.807) is 0 Å². The number of para-hydroxylation sites is 2. The SMILES string of the molecule is c1ccc(-c2nc(-c3ccccc3)nc(-c3ccc4oc5c(-c6nc(-c7ccccc7)nc(-c7cccc8oc9ccccc9c78)n6)cccc5c4c3)n2)cc1. The van der Waals surface area contributed by atoms with Crippen molar-refractivity contribution in [3.8, 4) is 68.3 Å². The van der Waals surface area contributed by atoms with Crippen molar-refractivity contribution in [1.29, 1.82) is 0 Å². The van der Waals surface area contributed by atoms with Crippen LogP contribution in [0.4, 0.5) is 0 Å². The van der Waals surface area contributed by atoms with E-state index in [0.717, 1.165) is 71.7 Å². The molecule has 0 radical (unpaired) electrons. The highest BCUT2D eigenvalue weighted by molar-refractivity contribution is 6.12. The molecule has 0 saturated heterocycles. The van der Waals surface area contributed by atoms with Crippen LogP contribution in [0.5, 0.6) is 0 Å². The molecule has 0 atom stereocenters. The number of rotatable bonds is 6. The molecule has 0 aliphatic carbocycles. The molecular weight excluding hydrogens is 693 g/mol. The van der Waals surface area contributed by atoms with E-state index in [9.17, 15) is 0 Å². The van der Waals surface area contributed by atoms with Gasteiger partial charge in [0.15, 0.2) is 34.9 Å². The molecule has 8 heteroatoms. The van der Waals surface area contributed by atoms with Crippen LogP contribution in [0.3, 0.4) is 0 Å². The Morgan fingerprint density at radius 3 is 1.41 bits per heavy atom. The van der Waals surface area contributed by atoms with Gasteiger partial charge in [0.05, 0.1) is 5.56 Å². The standard InChI is InChI=1S/C48H28N6O2/c1-4-14-29(15-5-1)43-49-44(30-16-6-2-7-17-30)51-46(50-43)32-26-27-39-37(28-32)33-21-12-23-36(42(33)56-39)48-53-45(31-18-8-3-9-19-31)52-47(54-48)35-22-13-25-40-41(35)34-20-10-11-24-38(34)55-40/h1-28H. The average Bonchev–Trinajstić information content (AvgIpc) is 3.85. The van der Waals surface area contributed by atoms with Crippen LogP contribution in [0.15, 0.2) is 179 Å². The Hall–Kier alpha value is -7.84. The molecule has 4 aromatic heterocycles. The molecular formula is C48H28N6O2. The molecule has 0 unspecified atom stereocenters. The highest BCUT2D eigenvalue weighted by Crippen LogP contribution is 2.39. The molecule has 56 heavy (non-hydrogen) atoms. The van der Waals surface area contributed by atoms with Crippen LogP contribution in [-0.4, -0.2) is 29.9 Å². The summed E-state index contributed by atoms with van der Waals surface area (Å²) in [6, 6.07) is 56.1. The molecule has 11 aromatic rings. The third-order valence-electron chi connectivity index (χ3n) is 10.0. The maximum atomic E-state index is 6.65. The number of hydrogen-bond donors (Lipinski definition) is 0. The van der Waals surface area contributed by atoms with E-state index in [1.165, 1.54) is 0 Å². The van der Waals surface area contributed by atoms with Crippen LogP contribution >= 0.6 is 0 Å². The number of furan rings is 2. The lowest BCUT2D eigenvalue weighted by Gasteiger charge is -2.09. The van der Waals surface area contributed by atoms with E-state index < -0.39 is 0 Å². The molecule has 8 nitrogen and oxygen atoms in total. The molecule has 11 rings (SSSR count). The summed E-state index contributed by atoms with van der Waals surface area (Å²) in [7, 11) is 0. The summed E-state index contributed by atoms with van der Waals surface area (Å²) in [6.07, 6.45) is 0. The highest BCUT2D eigenvalue weighted by Gasteiger charge is 2.21. The normalized spacial score (nSPS) is 11.6. The number of hydrogen-bond acceptors (Lipinski definition) is 8. The van der Waals surface area contributed by atoms with Crippen LogP contribution in [0, 0.1) is 0 Å². The van der Waals surface area contributed by atoms with Crippen LogP contribution in [0.1, 0.15) is 0 Å². The van der Waals surface area contributed by atoms with Crippen molar-refractivity contribution in [3.63, 3.8) is 0 Å². The van der Waals surface area contributed by atoms with Gasteiger partial charge >= 0.3 is 0 Å². The van der Waals surface area contributed by atoms with E-state index in [0.29, 0.717) is 40.5 Å². The van der Waals surface area contributed by atoms with Crippen molar-refractivity contribution in [2.75, 3.05) is 0 Å². The van der Waals surface area contributed by atoms with Gasteiger partial charge in [0, 0.05) is 49.4 Å². The van der Waals surface area contributed by atoms with Crippen molar-refractivity contribution in [2.45, 2.75) is 0 Å². The summed E-state index contributed by atoms with van der Waals surface area (Å²) < 4.78 is 12.9. The first-order valence-corrected chi connectivity index (χ1v) is 18.3. The molecule has 0 bridgehead atoms. The molecule has 0 N–H and O–H groups in total. The largest absolute Gasteiger partial charge is 0.456 e. The Balaban J connectivity index is 1.09. The minimum absolute atomic E-state index is 0.501. The van der Waals surface area contributed by atoms with Crippen LogP contribution in [-0.2, 0) is 0 Å². The molecule has 0 aliphatic rings. The first-order chi connectivity index (χ1) is 27.7. The van der Waals surface area contributed by atoms with E-state index in [-0.39, 0.29) is 0 Å². The molecule has 0 spiro atoms. The number of fused-ring (bicyclic) bond motifs is 6. The zero-order valence-corrected chi connectivity index (χ0v) is 29.7. The zero-order valence-electron chi connectivity index (χ0n) is 29.7. The zero-order chi connectivity index (χ0) is 37.0. The Morgan fingerprint density at radius 2 is 0.750 bits per heavy atom. The molecule has 262 valence electrons. The lowest BCUT2D eigenvalue weighted by molar-refractivity contribution is 0.668. The second kappa shape index (κ2) is 12.9. The molecule has 0 saturated carbocycles. The molecule has 0 fully saturated rings. The molecule has 4 heterocycles. The maximum absolute atomic E-state index is 6.65. The Morgan fingerprint density at radius 1 is 0.286 bits per heavy atom. The van der Waals surface area contributed by atoms with Crippen molar-refractivity contribution in [1.82, 2.24) is 29.9 Å². The van der Waals surface area contributed by atoms with Crippen molar-refractivity contribution in [2.24, 2.45) is 0 Å². The first-order valence-electron chi connectivity index (χ1n) is 18.3. The molecule has 0 aliphatic heterocycles. The van der Waals surface area contributed by atoms with Gasteiger partial charge in [-0.2, -0.15) is 0 Å². The Labute approximate surface area is 319 Å². The average molecular weight is 721 g/mol. The van der Waals surface area contributed by atoms with Crippen molar-refractivity contribution >= 4 is 43.9 Å². The van der Waals surface area contributed by atoms with Gasteiger partial charge < -0.3 is 8.83 Å². The van der Waals surface area contributed by atoms with Gasteiger partial charge in [-0.3, -0.25) is 0 Å². The molecule has 0 amide bonds. The van der Waals surface area contributed by atoms with Gasteiger partial charge in [-0.1, -0.05) is 133 Å². The van der Waals surface area contributed by atoms with Crippen molar-refractivity contribution < 1.29 is 8.83 Å². The topological polar surface area (TPSA) is 104 Å². The van der Waals surface area contributed by atoms with Gasteiger partial charge in [-0.05, 0) is 36.4 Å². The maximum Gasteiger partial charge on any atom is 0.167 e. The minimum atomic E-state index is 0.501. The Kier molecular flexibility index (Phi) is 7.31.